The van der Waals surface area contributed by atoms with E-state index in [0.717, 1.165) is 6.42 Å². The maximum absolute atomic E-state index is 13.0. The Bertz CT molecular complexity index is 1150. The average molecular weight is 485 g/mol. The van der Waals surface area contributed by atoms with Crippen molar-refractivity contribution in [2.24, 2.45) is 17.8 Å². The van der Waals surface area contributed by atoms with Crippen molar-refractivity contribution in [1.82, 2.24) is 0 Å². The molecular weight excluding hydrogens is 460 g/mol. The van der Waals surface area contributed by atoms with Gasteiger partial charge in [0.15, 0.2) is 6.61 Å². The van der Waals surface area contributed by atoms with Crippen molar-refractivity contribution in [3.05, 3.63) is 53.1 Å². The third-order valence-corrected chi connectivity index (χ3v) is 6.53. The van der Waals surface area contributed by atoms with Crippen LogP contribution in [0.1, 0.15) is 36.5 Å². The van der Waals surface area contributed by atoms with E-state index in [9.17, 15) is 19.2 Å². The molecule has 1 aliphatic heterocycles. The molecule has 9 heteroatoms. The number of imide groups is 1. The van der Waals surface area contributed by atoms with E-state index < -0.39 is 18.5 Å². The van der Waals surface area contributed by atoms with E-state index >= 15 is 0 Å². The van der Waals surface area contributed by atoms with Crippen LogP contribution < -0.4 is 15.0 Å². The Morgan fingerprint density at radius 1 is 1.09 bits per heavy atom. The highest BCUT2D eigenvalue weighted by atomic mass is 35.5. The third-order valence-electron chi connectivity index (χ3n) is 6.30. The summed E-state index contributed by atoms with van der Waals surface area (Å²) in [6, 6.07) is 10.9. The summed E-state index contributed by atoms with van der Waals surface area (Å²) in [6.45, 7) is 1.55. The largest absolute Gasteiger partial charge is 0.495 e. The van der Waals surface area contributed by atoms with Crippen LogP contribution in [-0.2, 0) is 19.1 Å². The molecule has 34 heavy (non-hydrogen) atoms. The highest BCUT2D eigenvalue weighted by molar-refractivity contribution is 6.31. The Balaban J connectivity index is 1.42. The lowest BCUT2D eigenvalue weighted by atomic mass is 9.76. The molecule has 2 fully saturated rings. The van der Waals surface area contributed by atoms with Crippen molar-refractivity contribution in [2.45, 2.75) is 26.2 Å². The van der Waals surface area contributed by atoms with E-state index in [1.165, 1.54) is 30.2 Å². The number of halogens is 1. The molecular formula is C25H25ClN2O6. The molecule has 0 spiro atoms. The molecule has 0 aromatic heterocycles. The van der Waals surface area contributed by atoms with Crippen molar-refractivity contribution in [2.75, 3.05) is 23.9 Å². The number of nitrogens with one attached hydrogen (secondary N) is 1. The van der Waals surface area contributed by atoms with Crippen LogP contribution >= 0.6 is 11.6 Å². The quantitative estimate of drug-likeness (QED) is 0.490. The number of ether oxygens (including phenoxy) is 2. The second kappa shape index (κ2) is 9.85. The Labute approximate surface area is 202 Å². The summed E-state index contributed by atoms with van der Waals surface area (Å²) < 4.78 is 10.3. The molecule has 0 radical (unpaired) electrons. The van der Waals surface area contributed by atoms with Gasteiger partial charge in [-0.15, -0.1) is 0 Å². The van der Waals surface area contributed by atoms with Crippen molar-refractivity contribution in [3.8, 4) is 5.75 Å². The number of carbonyl (C=O) groups excluding carboxylic acids is 4. The van der Waals surface area contributed by atoms with Crippen LogP contribution in [-0.4, -0.2) is 37.4 Å². The molecule has 2 aromatic carbocycles. The van der Waals surface area contributed by atoms with Crippen LogP contribution in [0.2, 0.25) is 5.02 Å². The Hall–Kier alpha value is -3.39. The summed E-state index contributed by atoms with van der Waals surface area (Å²) in [4.78, 5) is 51.9. The zero-order valence-corrected chi connectivity index (χ0v) is 19.6. The summed E-state index contributed by atoms with van der Waals surface area (Å²) in [6.07, 6.45) is 2.31. The van der Waals surface area contributed by atoms with Gasteiger partial charge in [0.2, 0.25) is 11.8 Å². The van der Waals surface area contributed by atoms with E-state index in [1.807, 2.05) is 0 Å². The smallest absolute Gasteiger partial charge is 0.338 e. The first kappa shape index (κ1) is 23.8. The maximum atomic E-state index is 13.0. The van der Waals surface area contributed by atoms with Crippen LogP contribution in [0.25, 0.3) is 0 Å². The molecule has 1 N–H and O–H groups in total. The van der Waals surface area contributed by atoms with Gasteiger partial charge in [-0.05, 0) is 61.6 Å². The topological polar surface area (TPSA) is 102 Å². The van der Waals surface area contributed by atoms with Gasteiger partial charge in [-0.25, -0.2) is 4.79 Å². The van der Waals surface area contributed by atoms with Crippen LogP contribution in [0.5, 0.6) is 5.75 Å². The first-order valence-corrected chi connectivity index (χ1v) is 11.4. The minimum Gasteiger partial charge on any atom is -0.495 e. The normalized spacial score (nSPS) is 21.7. The number of methoxy groups -OCH3 is 1. The number of anilines is 2. The van der Waals surface area contributed by atoms with Gasteiger partial charge in [-0.1, -0.05) is 24.6 Å². The number of carbonyl (C=O) groups is 4. The van der Waals surface area contributed by atoms with Crippen LogP contribution in [0, 0.1) is 17.8 Å². The Morgan fingerprint density at radius 3 is 2.62 bits per heavy atom. The summed E-state index contributed by atoms with van der Waals surface area (Å²) in [5, 5.41) is 2.99. The predicted octanol–water partition coefficient (Wildman–Crippen LogP) is 4.07. The third kappa shape index (κ3) is 4.77. The molecule has 1 aliphatic carbocycles. The SMILES string of the molecule is COc1ccc(Cl)cc1NC(=O)COC(=O)c1cccc(N2C(=O)[C@@H]3CC[C@H](C)C[C@H]3C2=O)c1. The van der Waals surface area contributed by atoms with E-state index in [1.54, 1.807) is 24.3 Å². The van der Waals surface area contributed by atoms with Gasteiger partial charge in [-0.2, -0.15) is 0 Å². The molecule has 8 nitrogen and oxygen atoms in total. The molecule has 1 saturated heterocycles. The van der Waals surface area contributed by atoms with Crippen LogP contribution in [0.15, 0.2) is 42.5 Å². The molecule has 1 saturated carbocycles. The zero-order chi connectivity index (χ0) is 24.4. The molecule has 4 rings (SSSR count). The number of esters is 1. The van der Waals surface area contributed by atoms with Gasteiger partial charge < -0.3 is 14.8 Å². The second-order valence-electron chi connectivity index (χ2n) is 8.66. The number of benzene rings is 2. The van der Waals surface area contributed by atoms with Gasteiger partial charge in [-0.3, -0.25) is 19.3 Å². The minimum absolute atomic E-state index is 0.134. The predicted molar refractivity (Wildman–Crippen MR) is 126 cm³/mol. The highest BCUT2D eigenvalue weighted by Crippen LogP contribution is 2.42. The summed E-state index contributed by atoms with van der Waals surface area (Å²) >= 11 is 5.96. The lowest BCUT2D eigenvalue weighted by molar-refractivity contribution is -0.122. The second-order valence-corrected chi connectivity index (χ2v) is 9.10. The number of rotatable bonds is 6. The van der Waals surface area contributed by atoms with Crippen molar-refractivity contribution in [1.29, 1.82) is 0 Å². The van der Waals surface area contributed by atoms with E-state index in [0.29, 0.717) is 40.9 Å². The van der Waals surface area contributed by atoms with Gasteiger partial charge in [0, 0.05) is 5.02 Å². The first-order valence-electron chi connectivity index (χ1n) is 11.1. The molecule has 0 unspecified atom stereocenters. The van der Waals surface area contributed by atoms with Crippen molar-refractivity contribution >= 4 is 46.7 Å². The average Bonchev–Trinajstić information content (AvgIpc) is 3.07. The van der Waals surface area contributed by atoms with E-state index in [4.69, 9.17) is 21.1 Å². The summed E-state index contributed by atoms with van der Waals surface area (Å²) in [7, 11) is 1.46. The summed E-state index contributed by atoms with van der Waals surface area (Å²) in [5.74, 6) is -1.56. The number of nitrogens with zero attached hydrogens (tertiary/aromatic N) is 1. The molecule has 178 valence electrons. The minimum atomic E-state index is -0.750. The first-order chi connectivity index (χ1) is 16.3. The number of hydrogen-bond acceptors (Lipinski definition) is 6. The molecule has 3 atom stereocenters. The lowest BCUT2D eigenvalue weighted by Gasteiger charge is -2.25. The Kier molecular flexibility index (Phi) is 6.88. The fourth-order valence-electron chi connectivity index (χ4n) is 4.59. The fourth-order valence-corrected chi connectivity index (χ4v) is 4.77. The monoisotopic (exact) mass is 484 g/mol. The van der Waals surface area contributed by atoms with Crippen molar-refractivity contribution < 1.29 is 28.7 Å². The van der Waals surface area contributed by atoms with Crippen molar-refractivity contribution in [3.63, 3.8) is 0 Å². The van der Waals surface area contributed by atoms with E-state index in [-0.39, 0.29) is 29.2 Å². The Morgan fingerprint density at radius 2 is 1.85 bits per heavy atom. The standard InChI is InChI=1S/C25H25ClN2O6/c1-14-6-8-18-19(10-14)24(31)28(23(18)30)17-5-3-4-15(11-17)25(32)34-13-22(29)27-20-12-16(26)7-9-21(20)33-2/h3-5,7,9,11-12,14,18-19H,6,8,10,13H2,1-2H3,(H,27,29)/t14-,18+,19+/m0/s1. The number of amides is 3. The van der Waals surface area contributed by atoms with Crippen LogP contribution in [0.4, 0.5) is 11.4 Å². The number of hydrogen-bond donors (Lipinski definition) is 1. The van der Waals surface area contributed by atoms with Gasteiger partial charge in [0.05, 0.1) is 35.9 Å². The molecule has 1 heterocycles. The molecule has 0 bridgehead atoms. The van der Waals surface area contributed by atoms with Gasteiger partial charge >= 0.3 is 5.97 Å². The molecule has 2 aliphatic rings. The highest BCUT2D eigenvalue weighted by Gasteiger charge is 2.50. The maximum Gasteiger partial charge on any atom is 0.338 e. The van der Waals surface area contributed by atoms with Gasteiger partial charge in [0.1, 0.15) is 5.75 Å². The molecule has 3 amide bonds. The van der Waals surface area contributed by atoms with E-state index in [2.05, 4.69) is 12.2 Å². The summed E-state index contributed by atoms with van der Waals surface area (Å²) in [5.41, 5.74) is 0.814. The fraction of sp³-hybridized carbons (Fsp3) is 0.360. The zero-order valence-electron chi connectivity index (χ0n) is 18.9. The lowest BCUT2D eigenvalue weighted by Crippen LogP contribution is -2.31. The number of fused-ring (bicyclic) bond motifs is 1. The molecule has 2 aromatic rings. The van der Waals surface area contributed by atoms with Crippen LogP contribution in [0.3, 0.4) is 0 Å². The van der Waals surface area contributed by atoms with Gasteiger partial charge in [0.25, 0.3) is 5.91 Å².